The molecule has 0 bridgehead atoms. The van der Waals surface area contributed by atoms with Gasteiger partial charge in [-0.05, 0) is 29.8 Å². The van der Waals surface area contributed by atoms with Crippen molar-refractivity contribution in [1.82, 2.24) is 0 Å². The fourth-order valence-corrected chi connectivity index (χ4v) is 2.01. The highest BCUT2D eigenvalue weighted by molar-refractivity contribution is 7.85. The van der Waals surface area contributed by atoms with Crippen LogP contribution < -0.4 is 0 Å². The summed E-state index contributed by atoms with van der Waals surface area (Å²) in [7, 11) is -4.36. The summed E-state index contributed by atoms with van der Waals surface area (Å²) in [6.45, 7) is 1.91. The van der Waals surface area contributed by atoms with Crippen LogP contribution in [0.2, 0.25) is 0 Å². The molecule has 15 heavy (non-hydrogen) atoms. The van der Waals surface area contributed by atoms with Crippen LogP contribution >= 0.6 is 0 Å². The molecule has 2 aromatic rings. The summed E-state index contributed by atoms with van der Waals surface area (Å²) in [5.41, 5.74) is 1.03. The number of rotatable bonds is 1. The first-order valence-corrected chi connectivity index (χ1v) is 5.84. The Hall–Kier alpha value is -1.39. The van der Waals surface area contributed by atoms with Crippen LogP contribution in [-0.4, -0.2) is 13.0 Å². The lowest BCUT2D eigenvalue weighted by Crippen LogP contribution is -1.97. The maximum Gasteiger partial charge on any atom is 0.124 e. The summed E-state index contributed by atoms with van der Waals surface area (Å²) >= 11 is 0. The Morgan fingerprint density at radius 1 is 1.00 bits per heavy atom. The molecule has 0 saturated carbocycles. The zero-order chi connectivity index (χ0) is 11.1. The number of hydrogen-bond donors (Lipinski definition) is 0. The lowest BCUT2D eigenvalue weighted by atomic mass is 10.1. The van der Waals surface area contributed by atoms with Gasteiger partial charge in [0.25, 0.3) is 0 Å². The molecule has 0 saturated heterocycles. The molecule has 0 aromatic heterocycles. The van der Waals surface area contributed by atoms with Gasteiger partial charge < -0.3 is 4.55 Å². The maximum absolute atomic E-state index is 10.8. The average Bonchev–Trinajstić information content (AvgIpc) is 2.15. The third-order valence-electron chi connectivity index (χ3n) is 2.26. The van der Waals surface area contributed by atoms with Crippen molar-refractivity contribution in [3.63, 3.8) is 0 Å². The minimum atomic E-state index is -4.36. The summed E-state index contributed by atoms with van der Waals surface area (Å²) in [5.74, 6) is 0. The van der Waals surface area contributed by atoms with Gasteiger partial charge in [-0.2, -0.15) is 0 Å². The van der Waals surface area contributed by atoms with Gasteiger partial charge in [0.05, 0.1) is 4.90 Å². The molecule has 0 atom stereocenters. The summed E-state index contributed by atoms with van der Waals surface area (Å²) in [5, 5.41) is 1.69. The largest absolute Gasteiger partial charge is 0.744 e. The van der Waals surface area contributed by atoms with E-state index in [1.807, 2.05) is 25.1 Å². The topological polar surface area (TPSA) is 57.2 Å². The standard InChI is InChI=1S/C11H10O3S/c1-8-2-3-9-4-5-11(15(12,13)14)7-10(9)6-8/h2-7H,1H3,(H,12,13,14)/p-1. The zero-order valence-corrected chi connectivity index (χ0v) is 8.91. The van der Waals surface area contributed by atoms with E-state index in [0.29, 0.717) is 0 Å². The van der Waals surface area contributed by atoms with Crippen molar-refractivity contribution >= 4 is 20.9 Å². The van der Waals surface area contributed by atoms with Gasteiger partial charge in [0.2, 0.25) is 0 Å². The van der Waals surface area contributed by atoms with Crippen LogP contribution in [0.1, 0.15) is 5.56 Å². The molecule has 0 amide bonds. The van der Waals surface area contributed by atoms with Crippen molar-refractivity contribution in [1.29, 1.82) is 0 Å². The Bertz CT molecular complexity index is 615. The third-order valence-corrected chi connectivity index (χ3v) is 3.09. The van der Waals surface area contributed by atoms with Crippen molar-refractivity contribution in [2.24, 2.45) is 0 Å². The normalized spacial score (nSPS) is 11.9. The summed E-state index contributed by atoms with van der Waals surface area (Å²) < 4.78 is 32.4. The molecular formula is C11H9O3S-. The van der Waals surface area contributed by atoms with E-state index in [4.69, 9.17) is 0 Å². The maximum atomic E-state index is 10.8. The fourth-order valence-electron chi connectivity index (χ4n) is 1.50. The molecule has 0 N–H and O–H groups in total. The molecule has 2 aromatic carbocycles. The zero-order valence-electron chi connectivity index (χ0n) is 8.10. The van der Waals surface area contributed by atoms with E-state index in [9.17, 15) is 13.0 Å². The monoisotopic (exact) mass is 221 g/mol. The molecule has 2 rings (SSSR count). The number of fused-ring (bicyclic) bond motifs is 1. The predicted molar refractivity (Wildman–Crippen MR) is 56.6 cm³/mol. The Kier molecular flexibility index (Phi) is 2.25. The SMILES string of the molecule is Cc1ccc2ccc(S(=O)(=O)[O-])cc2c1. The number of hydrogen-bond acceptors (Lipinski definition) is 3. The predicted octanol–water partition coefficient (Wildman–Crippen LogP) is 2.05. The highest BCUT2D eigenvalue weighted by Gasteiger charge is 2.02. The van der Waals surface area contributed by atoms with Crippen molar-refractivity contribution < 1.29 is 13.0 Å². The highest BCUT2D eigenvalue weighted by Crippen LogP contribution is 2.20. The molecule has 4 heteroatoms. The van der Waals surface area contributed by atoms with E-state index >= 15 is 0 Å². The van der Waals surface area contributed by atoms with Gasteiger partial charge >= 0.3 is 0 Å². The van der Waals surface area contributed by atoms with Crippen LogP contribution in [0, 0.1) is 6.92 Å². The van der Waals surface area contributed by atoms with Crippen LogP contribution in [0.5, 0.6) is 0 Å². The van der Waals surface area contributed by atoms with Gasteiger partial charge in [-0.3, -0.25) is 0 Å². The summed E-state index contributed by atoms with van der Waals surface area (Å²) in [6, 6.07) is 10.1. The average molecular weight is 221 g/mol. The Morgan fingerprint density at radius 2 is 1.67 bits per heavy atom. The molecule has 0 spiro atoms. The Labute approximate surface area is 88.1 Å². The molecule has 0 unspecified atom stereocenters. The first kappa shape index (κ1) is 10.1. The molecule has 0 aliphatic carbocycles. The second-order valence-corrected chi connectivity index (χ2v) is 4.85. The van der Waals surface area contributed by atoms with Gasteiger partial charge in [0.1, 0.15) is 10.1 Å². The second kappa shape index (κ2) is 3.32. The number of aryl methyl sites for hydroxylation is 1. The quantitative estimate of drug-likeness (QED) is 0.692. The summed E-state index contributed by atoms with van der Waals surface area (Å²) in [6.07, 6.45) is 0. The smallest absolute Gasteiger partial charge is 0.124 e. The van der Waals surface area contributed by atoms with Crippen molar-refractivity contribution in [2.45, 2.75) is 11.8 Å². The molecular weight excluding hydrogens is 212 g/mol. The lowest BCUT2D eigenvalue weighted by molar-refractivity contribution is 0.463. The third kappa shape index (κ3) is 2.00. The van der Waals surface area contributed by atoms with Crippen molar-refractivity contribution in [3.05, 3.63) is 42.0 Å². The van der Waals surface area contributed by atoms with Crippen LogP contribution in [0.3, 0.4) is 0 Å². The Morgan fingerprint density at radius 3 is 2.33 bits per heavy atom. The van der Waals surface area contributed by atoms with Gasteiger partial charge in [-0.1, -0.05) is 29.8 Å². The molecule has 0 aliphatic heterocycles. The molecule has 0 heterocycles. The van der Waals surface area contributed by atoms with Gasteiger partial charge in [0.15, 0.2) is 0 Å². The van der Waals surface area contributed by atoms with Crippen LogP contribution in [0.25, 0.3) is 10.8 Å². The molecule has 0 fully saturated rings. The highest BCUT2D eigenvalue weighted by atomic mass is 32.2. The molecule has 0 aliphatic rings. The van der Waals surface area contributed by atoms with Crippen LogP contribution in [-0.2, 0) is 10.1 Å². The van der Waals surface area contributed by atoms with Crippen LogP contribution in [0.4, 0.5) is 0 Å². The first-order chi connectivity index (χ1) is 6.97. The van der Waals surface area contributed by atoms with Gasteiger partial charge in [0, 0.05) is 0 Å². The minimum absolute atomic E-state index is 0.180. The van der Waals surface area contributed by atoms with Gasteiger partial charge in [-0.25, -0.2) is 8.42 Å². The minimum Gasteiger partial charge on any atom is -0.744 e. The van der Waals surface area contributed by atoms with E-state index < -0.39 is 10.1 Å². The second-order valence-electron chi connectivity index (χ2n) is 3.47. The first-order valence-electron chi connectivity index (χ1n) is 4.43. The van der Waals surface area contributed by atoms with Crippen LogP contribution in [0.15, 0.2) is 41.3 Å². The fraction of sp³-hybridized carbons (Fsp3) is 0.0909. The molecule has 0 radical (unpaired) electrons. The van der Waals surface area contributed by atoms with Crippen molar-refractivity contribution in [3.8, 4) is 0 Å². The van der Waals surface area contributed by atoms with E-state index in [1.165, 1.54) is 12.1 Å². The van der Waals surface area contributed by atoms with E-state index in [0.717, 1.165) is 16.3 Å². The van der Waals surface area contributed by atoms with E-state index in [2.05, 4.69) is 0 Å². The summed E-state index contributed by atoms with van der Waals surface area (Å²) in [4.78, 5) is -0.180. The molecule has 3 nitrogen and oxygen atoms in total. The van der Waals surface area contributed by atoms with E-state index in [1.54, 1.807) is 6.07 Å². The van der Waals surface area contributed by atoms with Gasteiger partial charge in [-0.15, -0.1) is 0 Å². The number of benzene rings is 2. The Balaban J connectivity index is 2.75. The lowest BCUT2D eigenvalue weighted by Gasteiger charge is -2.08. The van der Waals surface area contributed by atoms with Crippen molar-refractivity contribution in [2.75, 3.05) is 0 Å². The van der Waals surface area contributed by atoms with E-state index in [-0.39, 0.29) is 4.90 Å². The molecule has 78 valence electrons.